The Bertz CT molecular complexity index is 986. The molecule has 27 heavy (non-hydrogen) atoms. The van der Waals surface area contributed by atoms with E-state index in [0.717, 1.165) is 27.8 Å². The number of hydrogen-bond donors (Lipinski definition) is 2. The molecule has 0 aliphatic heterocycles. The maximum absolute atomic E-state index is 13.0. The van der Waals surface area contributed by atoms with Gasteiger partial charge < -0.3 is 10.6 Å². The Labute approximate surface area is 159 Å². The monoisotopic (exact) mass is 358 g/mol. The lowest BCUT2D eigenvalue weighted by Crippen LogP contribution is -2.16. The third kappa shape index (κ3) is 3.90. The van der Waals surface area contributed by atoms with Gasteiger partial charge in [-0.15, -0.1) is 0 Å². The Morgan fingerprint density at radius 3 is 1.93 bits per heavy atom. The molecule has 4 nitrogen and oxygen atoms in total. The van der Waals surface area contributed by atoms with E-state index in [2.05, 4.69) is 10.6 Å². The molecule has 0 saturated carbocycles. The van der Waals surface area contributed by atoms with E-state index in [1.165, 1.54) is 0 Å². The van der Waals surface area contributed by atoms with E-state index in [1.54, 1.807) is 0 Å². The van der Waals surface area contributed by atoms with E-state index < -0.39 is 0 Å². The molecular formula is C23H22N2O2. The highest BCUT2D eigenvalue weighted by Gasteiger charge is 2.16. The predicted octanol–water partition coefficient (Wildman–Crippen LogP) is 5.10. The highest BCUT2D eigenvalue weighted by molar-refractivity contribution is 6.08. The van der Waals surface area contributed by atoms with Crippen LogP contribution < -0.4 is 10.6 Å². The molecule has 3 aromatic carbocycles. The summed E-state index contributed by atoms with van der Waals surface area (Å²) in [4.78, 5) is 23.9. The van der Waals surface area contributed by atoms with Crippen molar-refractivity contribution in [2.75, 3.05) is 10.6 Å². The van der Waals surface area contributed by atoms with E-state index in [0.29, 0.717) is 23.3 Å². The van der Waals surface area contributed by atoms with E-state index in [4.69, 9.17) is 0 Å². The van der Waals surface area contributed by atoms with Crippen LogP contribution in [0.2, 0.25) is 0 Å². The van der Waals surface area contributed by atoms with Crippen molar-refractivity contribution in [1.82, 2.24) is 0 Å². The van der Waals surface area contributed by atoms with Crippen molar-refractivity contribution in [3.05, 3.63) is 82.9 Å². The molecule has 0 saturated heterocycles. The molecule has 0 bridgehead atoms. The van der Waals surface area contributed by atoms with Gasteiger partial charge in [-0.2, -0.15) is 0 Å². The first-order valence-corrected chi connectivity index (χ1v) is 8.79. The van der Waals surface area contributed by atoms with E-state index >= 15 is 0 Å². The van der Waals surface area contributed by atoms with Gasteiger partial charge in [0.2, 0.25) is 6.41 Å². The number of nitrogens with one attached hydrogen (secondary N) is 2. The first kappa shape index (κ1) is 18.4. The molecule has 0 atom stereocenters. The van der Waals surface area contributed by atoms with Crippen LogP contribution in [0.1, 0.15) is 27.0 Å². The van der Waals surface area contributed by atoms with Crippen molar-refractivity contribution in [3.8, 4) is 11.1 Å². The highest BCUT2D eigenvalue weighted by Crippen LogP contribution is 2.33. The summed E-state index contributed by atoms with van der Waals surface area (Å²) in [6.07, 6.45) is 0.652. The zero-order chi connectivity index (χ0) is 19.4. The lowest BCUT2D eigenvalue weighted by molar-refractivity contribution is -0.105. The van der Waals surface area contributed by atoms with Crippen molar-refractivity contribution >= 4 is 23.7 Å². The Morgan fingerprint density at radius 2 is 1.33 bits per heavy atom. The number of carbonyl (C=O) groups excluding carboxylic acids is 2. The summed E-state index contributed by atoms with van der Waals surface area (Å²) in [6, 6.07) is 19.1. The standard InChI is InChI=1S/C23H22N2O2/c1-15-12-16(2)22(17(3)13-15)23(27)25-21-11-7-5-9-19(21)18-8-4-6-10-20(18)24-14-26/h4-14H,1-3H3,(H,24,26)(H,25,27). The average Bonchev–Trinajstić information content (AvgIpc) is 2.62. The minimum Gasteiger partial charge on any atom is -0.328 e. The van der Waals surface area contributed by atoms with Crippen LogP contribution in [0.15, 0.2) is 60.7 Å². The summed E-state index contributed by atoms with van der Waals surface area (Å²) in [5.41, 5.74) is 6.80. The fraction of sp³-hybridized carbons (Fsp3) is 0.130. The van der Waals surface area contributed by atoms with Gasteiger partial charge in [0.15, 0.2) is 0 Å². The quantitative estimate of drug-likeness (QED) is 0.624. The third-order valence-corrected chi connectivity index (χ3v) is 4.51. The Kier molecular flexibility index (Phi) is 5.36. The third-order valence-electron chi connectivity index (χ3n) is 4.51. The molecular weight excluding hydrogens is 336 g/mol. The van der Waals surface area contributed by atoms with Gasteiger partial charge in [0.1, 0.15) is 0 Å². The summed E-state index contributed by atoms with van der Waals surface area (Å²) in [5.74, 6) is -0.140. The lowest BCUT2D eigenvalue weighted by Gasteiger charge is -2.16. The van der Waals surface area contributed by atoms with Crippen molar-refractivity contribution in [1.29, 1.82) is 0 Å². The fourth-order valence-corrected chi connectivity index (χ4v) is 3.46. The minimum atomic E-state index is -0.140. The van der Waals surface area contributed by atoms with Gasteiger partial charge >= 0.3 is 0 Å². The van der Waals surface area contributed by atoms with Gasteiger partial charge in [-0.25, -0.2) is 0 Å². The zero-order valence-electron chi connectivity index (χ0n) is 15.7. The molecule has 136 valence electrons. The first-order chi connectivity index (χ1) is 13.0. The molecule has 0 fully saturated rings. The topological polar surface area (TPSA) is 58.2 Å². The molecule has 0 aliphatic carbocycles. The van der Waals surface area contributed by atoms with Crippen molar-refractivity contribution in [3.63, 3.8) is 0 Å². The second-order valence-electron chi connectivity index (χ2n) is 6.58. The molecule has 3 rings (SSSR count). The fourth-order valence-electron chi connectivity index (χ4n) is 3.46. The van der Waals surface area contributed by atoms with Gasteiger partial charge in [0.05, 0.1) is 0 Å². The number of carbonyl (C=O) groups is 2. The van der Waals surface area contributed by atoms with Gasteiger partial charge in [0.25, 0.3) is 5.91 Å². The SMILES string of the molecule is Cc1cc(C)c(C(=O)Nc2ccccc2-c2ccccc2NC=O)c(C)c1. The maximum atomic E-state index is 13.0. The van der Waals surface area contributed by atoms with Gasteiger partial charge in [-0.3, -0.25) is 9.59 Å². The van der Waals surface area contributed by atoms with Crippen LogP contribution >= 0.6 is 0 Å². The number of rotatable bonds is 5. The Balaban J connectivity index is 2.01. The molecule has 4 heteroatoms. The lowest BCUT2D eigenvalue weighted by atomic mass is 9.98. The smallest absolute Gasteiger partial charge is 0.256 e. The zero-order valence-corrected chi connectivity index (χ0v) is 15.7. The summed E-state index contributed by atoms with van der Waals surface area (Å²) in [7, 11) is 0. The number of anilines is 2. The molecule has 0 spiro atoms. The molecule has 0 aliphatic rings. The number of para-hydroxylation sites is 2. The Morgan fingerprint density at radius 1 is 0.815 bits per heavy atom. The van der Waals surface area contributed by atoms with Crippen LogP contribution in [0.5, 0.6) is 0 Å². The molecule has 2 amide bonds. The first-order valence-electron chi connectivity index (χ1n) is 8.79. The minimum absolute atomic E-state index is 0.140. The highest BCUT2D eigenvalue weighted by atomic mass is 16.1. The van der Waals surface area contributed by atoms with E-state index in [-0.39, 0.29) is 5.91 Å². The molecule has 2 N–H and O–H groups in total. The number of amides is 2. The summed E-state index contributed by atoms with van der Waals surface area (Å²) < 4.78 is 0. The Hall–Kier alpha value is -3.40. The number of aryl methyl sites for hydroxylation is 3. The van der Waals surface area contributed by atoms with E-state index in [1.807, 2.05) is 81.4 Å². The normalized spacial score (nSPS) is 10.3. The van der Waals surface area contributed by atoms with Crippen LogP contribution in [-0.4, -0.2) is 12.3 Å². The predicted molar refractivity (Wildman–Crippen MR) is 110 cm³/mol. The van der Waals surface area contributed by atoms with Crippen LogP contribution in [-0.2, 0) is 4.79 Å². The van der Waals surface area contributed by atoms with Crippen molar-refractivity contribution in [2.24, 2.45) is 0 Å². The summed E-state index contributed by atoms with van der Waals surface area (Å²) in [5, 5.41) is 5.76. The average molecular weight is 358 g/mol. The molecule has 0 radical (unpaired) electrons. The van der Waals surface area contributed by atoms with Gasteiger partial charge in [0, 0.05) is 28.1 Å². The van der Waals surface area contributed by atoms with Crippen LogP contribution in [0.4, 0.5) is 11.4 Å². The summed E-state index contributed by atoms with van der Waals surface area (Å²) >= 11 is 0. The molecule has 0 unspecified atom stereocenters. The molecule has 0 heterocycles. The van der Waals surface area contributed by atoms with E-state index in [9.17, 15) is 9.59 Å². The van der Waals surface area contributed by atoms with Gasteiger partial charge in [-0.05, 0) is 44.0 Å². The van der Waals surface area contributed by atoms with Crippen LogP contribution in [0.3, 0.4) is 0 Å². The largest absolute Gasteiger partial charge is 0.328 e. The van der Waals surface area contributed by atoms with Gasteiger partial charge in [-0.1, -0.05) is 54.1 Å². The number of hydrogen-bond acceptors (Lipinski definition) is 2. The van der Waals surface area contributed by atoms with Crippen LogP contribution in [0, 0.1) is 20.8 Å². The second kappa shape index (κ2) is 7.87. The van der Waals surface area contributed by atoms with Crippen molar-refractivity contribution < 1.29 is 9.59 Å². The number of benzene rings is 3. The van der Waals surface area contributed by atoms with Crippen LogP contribution in [0.25, 0.3) is 11.1 Å². The summed E-state index contributed by atoms with van der Waals surface area (Å²) in [6.45, 7) is 5.92. The molecule has 0 aromatic heterocycles. The second-order valence-corrected chi connectivity index (χ2v) is 6.58. The maximum Gasteiger partial charge on any atom is 0.256 e. The van der Waals surface area contributed by atoms with Crippen molar-refractivity contribution in [2.45, 2.75) is 20.8 Å². The molecule has 3 aromatic rings.